The average Bonchev–Trinajstić information content (AvgIpc) is 2.17. The first-order valence-corrected chi connectivity index (χ1v) is 5.28. The Morgan fingerprint density at radius 3 is 2.57 bits per heavy atom. The number of hydrogen-bond donors (Lipinski definition) is 1. The Morgan fingerprint density at radius 2 is 2.07 bits per heavy atom. The summed E-state index contributed by atoms with van der Waals surface area (Å²) in [7, 11) is 0. The third-order valence-corrected chi connectivity index (χ3v) is 2.49. The predicted molar refractivity (Wildman–Crippen MR) is 56.0 cm³/mol. The van der Waals surface area contributed by atoms with Crippen LogP contribution in [0.1, 0.15) is 6.92 Å². The highest BCUT2D eigenvalue weighted by Gasteiger charge is 1.99. The molecule has 0 aromatic heterocycles. The maximum Gasteiger partial charge on any atom is 0.313 e. The van der Waals surface area contributed by atoms with Gasteiger partial charge in [-0.2, -0.15) is 0 Å². The highest BCUT2D eigenvalue weighted by Crippen LogP contribution is 2.21. The highest BCUT2D eigenvalue weighted by molar-refractivity contribution is 8.00. The zero-order valence-corrected chi connectivity index (χ0v) is 8.71. The minimum Gasteiger partial charge on any atom is -0.494 e. The molecule has 0 saturated heterocycles. The van der Waals surface area contributed by atoms with Crippen LogP contribution < -0.4 is 4.74 Å². The molecule has 0 radical (unpaired) electrons. The number of aliphatic carboxylic acids is 1. The minimum atomic E-state index is -0.802. The average molecular weight is 212 g/mol. The van der Waals surface area contributed by atoms with Gasteiger partial charge in [0.05, 0.1) is 12.4 Å². The van der Waals surface area contributed by atoms with E-state index in [1.807, 2.05) is 31.2 Å². The Kier molecular flexibility index (Phi) is 4.32. The number of thioether (sulfide) groups is 1. The lowest BCUT2D eigenvalue weighted by Crippen LogP contribution is -1.97. The molecule has 0 aliphatic rings. The van der Waals surface area contributed by atoms with Gasteiger partial charge in [0.15, 0.2) is 0 Å². The van der Waals surface area contributed by atoms with Crippen molar-refractivity contribution in [3.8, 4) is 5.75 Å². The third-order valence-electron chi connectivity index (χ3n) is 1.50. The fourth-order valence-corrected chi connectivity index (χ4v) is 1.56. The van der Waals surface area contributed by atoms with E-state index >= 15 is 0 Å². The van der Waals surface area contributed by atoms with E-state index in [2.05, 4.69) is 0 Å². The van der Waals surface area contributed by atoms with Gasteiger partial charge in [0.2, 0.25) is 0 Å². The van der Waals surface area contributed by atoms with E-state index < -0.39 is 5.97 Å². The van der Waals surface area contributed by atoms with E-state index in [9.17, 15) is 4.79 Å². The first-order valence-electron chi connectivity index (χ1n) is 4.30. The number of ether oxygens (including phenoxy) is 1. The fourth-order valence-electron chi connectivity index (χ4n) is 0.944. The second-order valence-electron chi connectivity index (χ2n) is 2.59. The van der Waals surface area contributed by atoms with E-state index in [-0.39, 0.29) is 5.75 Å². The van der Waals surface area contributed by atoms with Gasteiger partial charge in [0.25, 0.3) is 0 Å². The van der Waals surface area contributed by atoms with Crippen LogP contribution in [0.15, 0.2) is 29.2 Å². The second-order valence-corrected chi connectivity index (χ2v) is 3.64. The lowest BCUT2D eigenvalue weighted by molar-refractivity contribution is -0.133. The normalized spacial score (nSPS) is 9.79. The summed E-state index contributed by atoms with van der Waals surface area (Å²) in [5.41, 5.74) is 0. The first-order chi connectivity index (χ1) is 6.72. The summed E-state index contributed by atoms with van der Waals surface area (Å²) in [6.07, 6.45) is 0. The van der Waals surface area contributed by atoms with Gasteiger partial charge >= 0.3 is 5.97 Å². The predicted octanol–water partition coefficient (Wildman–Crippen LogP) is 2.26. The smallest absolute Gasteiger partial charge is 0.313 e. The third kappa shape index (κ3) is 3.70. The van der Waals surface area contributed by atoms with Gasteiger partial charge in [-0.25, -0.2) is 0 Å². The van der Waals surface area contributed by atoms with Crippen LogP contribution in [0.3, 0.4) is 0 Å². The van der Waals surface area contributed by atoms with Crippen LogP contribution >= 0.6 is 11.8 Å². The molecule has 3 nitrogen and oxygen atoms in total. The summed E-state index contributed by atoms with van der Waals surface area (Å²) in [4.78, 5) is 11.2. The molecule has 0 unspecified atom stereocenters. The molecule has 1 rings (SSSR count). The van der Waals surface area contributed by atoms with Crippen LogP contribution in [0.5, 0.6) is 5.75 Å². The molecule has 0 atom stereocenters. The first kappa shape index (κ1) is 10.9. The number of benzene rings is 1. The van der Waals surface area contributed by atoms with Gasteiger partial charge in [0, 0.05) is 4.90 Å². The maximum atomic E-state index is 10.3. The zero-order valence-electron chi connectivity index (χ0n) is 7.90. The molecular weight excluding hydrogens is 200 g/mol. The maximum absolute atomic E-state index is 10.3. The number of carbonyl (C=O) groups is 1. The van der Waals surface area contributed by atoms with Crippen molar-refractivity contribution < 1.29 is 14.6 Å². The summed E-state index contributed by atoms with van der Waals surface area (Å²) in [5.74, 6) is 0.101. The van der Waals surface area contributed by atoms with Crippen LogP contribution in [0.25, 0.3) is 0 Å². The zero-order chi connectivity index (χ0) is 10.4. The topological polar surface area (TPSA) is 46.5 Å². The van der Waals surface area contributed by atoms with Crippen molar-refractivity contribution in [2.24, 2.45) is 0 Å². The lowest BCUT2D eigenvalue weighted by atomic mass is 10.3. The molecule has 1 aromatic carbocycles. The van der Waals surface area contributed by atoms with Gasteiger partial charge in [-0.3, -0.25) is 4.79 Å². The Hall–Kier alpha value is -1.16. The summed E-state index contributed by atoms with van der Waals surface area (Å²) >= 11 is 1.30. The largest absolute Gasteiger partial charge is 0.494 e. The molecule has 0 spiro atoms. The second kappa shape index (κ2) is 5.54. The van der Waals surface area contributed by atoms with E-state index in [0.717, 1.165) is 10.6 Å². The molecule has 0 heterocycles. The SMILES string of the molecule is CCOc1ccc(SCC(=O)O)cc1. The number of carboxylic acids is 1. The van der Waals surface area contributed by atoms with Crippen molar-refractivity contribution in [2.45, 2.75) is 11.8 Å². The Labute approximate surface area is 87.1 Å². The monoisotopic (exact) mass is 212 g/mol. The van der Waals surface area contributed by atoms with Gasteiger partial charge in [-0.05, 0) is 31.2 Å². The van der Waals surface area contributed by atoms with Crippen LogP contribution in [-0.4, -0.2) is 23.4 Å². The summed E-state index contributed by atoms with van der Waals surface area (Å²) in [6.45, 7) is 2.56. The Morgan fingerprint density at radius 1 is 1.43 bits per heavy atom. The van der Waals surface area contributed by atoms with Crippen molar-refractivity contribution in [1.29, 1.82) is 0 Å². The molecule has 1 N–H and O–H groups in total. The van der Waals surface area contributed by atoms with Gasteiger partial charge in [0.1, 0.15) is 5.75 Å². The van der Waals surface area contributed by atoms with Crippen LogP contribution in [0.2, 0.25) is 0 Å². The molecule has 76 valence electrons. The summed E-state index contributed by atoms with van der Waals surface area (Å²) < 4.78 is 5.26. The Bertz CT molecular complexity index is 295. The molecule has 4 heteroatoms. The van der Waals surface area contributed by atoms with Crippen molar-refractivity contribution in [2.75, 3.05) is 12.4 Å². The summed E-state index contributed by atoms with van der Waals surface area (Å²) in [6, 6.07) is 7.40. The van der Waals surface area contributed by atoms with Gasteiger partial charge in [-0.15, -0.1) is 11.8 Å². The highest BCUT2D eigenvalue weighted by atomic mass is 32.2. The number of hydrogen-bond acceptors (Lipinski definition) is 3. The lowest BCUT2D eigenvalue weighted by Gasteiger charge is -2.03. The summed E-state index contributed by atoms with van der Waals surface area (Å²) in [5, 5.41) is 8.47. The molecular formula is C10H12O3S. The van der Waals surface area contributed by atoms with Crippen LogP contribution in [-0.2, 0) is 4.79 Å². The van der Waals surface area contributed by atoms with Crippen molar-refractivity contribution in [1.82, 2.24) is 0 Å². The van der Waals surface area contributed by atoms with Crippen LogP contribution in [0.4, 0.5) is 0 Å². The van der Waals surface area contributed by atoms with Crippen molar-refractivity contribution in [3.05, 3.63) is 24.3 Å². The Balaban J connectivity index is 2.50. The molecule has 1 aromatic rings. The van der Waals surface area contributed by atoms with E-state index in [4.69, 9.17) is 9.84 Å². The minimum absolute atomic E-state index is 0.0913. The fraction of sp³-hybridized carbons (Fsp3) is 0.300. The molecule has 0 amide bonds. The quantitative estimate of drug-likeness (QED) is 0.760. The van der Waals surface area contributed by atoms with E-state index in [1.54, 1.807) is 0 Å². The van der Waals surface area contributed by atoms with Crippen molar-refractivity contribution >= 4 is 17.7 Å². The van der Waals surface area contributed by atoms with Gasteiger partial charge in [-0.1, -0.05) is 0 Å². The molecule has 0 aliphatic carbocycles. The molecule has 0 saturated carbocycles. The number of rotatable bonds is 5. The van der Waals surface area contributed by atoms with E-state index in [0.29, 0.717) is 6.61 Å². The van der Waals surface area contributed by atoms with E-state index in [1.165, 1.54) is 11.8 Å². The molecule has 0 aliphatic heterocycles. The van der Waals surface area contributed by atoms with Crippen molar-refractivity contribution in [3.63, 3.8) is 0 Å². The molecule has 0 fully saturated rings. The number of carboxylic acid groups (broad SMARTS) is 1. The standard InChI is InChI=1S/C10H12O3S/c1-2-13-8-3-5-9(6-4-8)14-7-10(11)12/h3-6H,2,7H2,1H3,(H,11,12). The molecule has 14 heavy (non-hydrogen) atoms. The molecule has 0 bridgehead atoms. The van der Waals surface area contributed by atoms with Crippen LogP contribution in [0, 0.1) is 0 Å². The van der Waals surface area contributed by atoms with Gasteiger partial charge < -0.3 is 9.84 Å².